The van der Waals surface area contributed by atoms with E-state index in [2.05, 4.69) is 128 Å². The molecule has 37 heavy (non-hydrogen) atoms. The number of nitrogens with zero attached hydrogens (tertiary/aromatic N) is 4. The second-order valence-corrected chi connectivity index (χ2v) is 10.9. The molecule has 2 aromatic heterocycles. The minimum absolute atomic E-state index is 0.0106. The molecule has 0 unspecified atom stereocenters. The van der Waals surface area contributed by atoms with Crippen LogP contribution < -0.4 is 9.75 Å². The number of ether oxygens (including phenoxy) is 1. The molecule has 3 aromatic carbocycles. The highest BCUT2D eigenvalue weighted by Gasteiger charge is 2.21. The Morgan fingerprint density at radius 1 is 0.838 bits per heavy atom. The molecule has 1 aliphatic rings. The van der Waals surface area contributed by atoms with Gasteiger partial charge in [0.05, 0.1) is 16.7 Å². The maximum Gasteiger partial charge on any atom is 0.137 e. The van der Waals surface area contributed by atoms with Crippen molar-refractivity contribution < 1.29 is 4.74 Å². The highest BCUT2D eigenvalue weighted by molar-refractivity contribution is 6.09. The highest BCUT2D eigenvalue weighted by Crippen LogP contribution is 2.37. The van der Waals surface area contributed by atoms with Crippen molar-refractivity contribution in [2.24, 2.45) is 0 Å². The van der Waals surface area contributed by atoms with Gasteiger partial charge in [0.2, 0.25) is 0 Å². The summed E-state index contributed by atoms with van der Waals surface area (Å²) in [5, 5.41) is 6.74. The molecule has 0 fully saturated rings. The lowest BCUT2D eigenvalue weighted by molar-refractivity contribution is 0.395. The lowest BCUT2D eigenvalue weighted by Crippen LogP contribution is -2.31. The van der Waals surface area contributed by atoms with Crippen LogP contribution in [-0.4, -0.2) is 28.2 Å². The fraction of sp³-hybridized carbons (Fsp3) is 0.219. The van der Waals surface area contributed by atoms with Crippen molar-refractivity contribution in [1.82, 2.24) is 14.6 Å². The average molecular weight is 489 g/mol. The summed E-state index contributed by atoms with van der Waals surface area (Å²) in [5.74, 6) is 2.53. The molecule has 0 saturated heterocycles. The Hall–Kier alpha value is -4.09. The van der Waals surface area contributed by atoms with Crippen molar-refractivity contribution in [3.05, 3.63) is 102 Å². The third-order valence-corrected chi connectivity index (χ3v) is 7.02. The van der Waals surface area contributed by atoms with Crippen LogP contribution in [0.2, 0.25) is 0 Å². The van der Waals surface area contributed by atoms with Gasteiger partial charge in [-0.1, -0.05) is 45.0 Å². The van der Waals surface area contributed by atoms with Gasteiger partial charge in [0.15, 0.2) is 0 Å². The van der Waals surface area contributed by atoms with E-state index in [1.807, 2.05) is 12.3 Å². The predicted octanol–water partition coefficient (Wildman–Crippen LogP) is 7.76. The summed E-state index contributed by atoms with van der Waals surface area (Å²) >= 11 is 0. The number of benzene rings is 3. The van der Waals surface area contributed by atoms with Gasteiger partial charge in [-0.15, -0.1) is 0 Å². The van der Waals surface area contributed by atoms with Gasteiger partial charge in [0.25, 0.3) is 0 Å². The molecule has 0 atom stereocenters. The number of fused-ring (bicyclic) bond motifs is 3. The molecule has 0 radical (unpaired) electrons. The van der Waals surface area contributed by atoms with Crippen LogP contribution >= 0.6 is 0 Å². The van der Waals surface area contributed by atoms with E-state index in [-0.39, 0.29) is 5.41 Å². The van der Waals surface area contributed by atoms with Crippen LogP contribution in [0.5, 0.6) is 11.5 Å². The number of hydrogen-bond acceptors (Lipinski definition) is 4. The Bertz CT molecular complexity index is 1660. The molecule has 0 amide bonds. The van der Waals surface area contributed by atoms with E-state index in [1.165, 1.54) is 21.9 Å². The van der Waals surface area contributed by atoms with Crippen LogP contribution in [0.1, 0.15) is 31.9 Å². The first kappa shape index (κ1) is 23.3. The summed E-state index contributed by atoms with van der Waals surface area (Å²) in [5.41, 5.74) is 5.70. The Morgan fingerprint density at radius 3 is 2.41 bits per heavy atom. The molecule has 0 saturated carbocycles. The smallest absolute Gasteiger partial charge is 0.137 e. The Balaban J connectivity index is 1.48. The SMILES string of the molecule is Cc1ccnc(-n2c3ccccc3c3ccc(Oc4cc(N5C=CCN5C)cc(C(C)(C)C)c4)cc32)c1. The van der Waals surface area contributed by atoms with E-state index in [1.54, 1.807) is 0 Å². The lowest BCUT2D eigenvalue weighted by Gasteiger charge is -2.28. The van der Waals surface area contributed by atoms with Gasteiger partial charge in [0.1, 0.15) is 17.3 Å². The molecular weight excluding hydrogens is 456 g/mol. The number of aryl methyl sites for hydroxylation is 1. The third kappa shape index (κ3) is 4.25. The molecule has 1 aliphatic heterocycles. The van der Waals surface area contributed by atoms with Crippen LogP contribution in [0, 0.1) is 6.92 Å². The normalized spacial score (nSPS) is 14.2. The van der Waals surface area contributed by atoms with Crippen LogP contribution in [0.15, 0.2) is 91.3 Å². The molecule has 3 heterocycles. The zero-order valence-corrected chi connectivity index (χ0v) is 22.1. The fourth-order valence-corrected chi connectivity index (χ4v) is 5.03. The maximum absolute atomic E-state index is 6.57. The quantitative estimate of drug-likeness (QED) is 0.259. The zero-order valence-electron chi connectivity index (χ0n) is 22.1. The molecule has 0 spiro atoms. The van der Waals surface area contributed by atoms with Crippen LogP contribution in [0.4, 0.5) is 5.69 Å². The average Bonchev–Trinajstić information content (AvgIpc) is 3.44. The lowest BCUT2D eigenvalue weighted by atomic mass is 9.86. The monoisotopic (exact) mass is 488 g/mol. The Morgan fingerprint density at radius 2 is 1.65 bits per heavy atom. The zero-order chi connectivity index (χ0) is 25.7. The molecule has 0 bridgehead atoms. The summed E-state index contributed by atoms with van der Waals surface area (Å²) in [6.45, 7) is 9.70. The molecule has 0 N–H and O–H groups in total. The van der Waals surface area contributed by atoms with Crippen molar-refractivity contribution in [1.29, 1.82) is 0 Å². The Kier molecular flexibility index (Phi) is 5.54. The summed E-state index contributed by atoms with van der Waals surface area (Å²) in [6, 6.07) is 25.5. The van der Waals surface area contributed by atoms with E-state index in [4.69, 9.17) is 9.72 Å². The van der Waals surface area contributed by atoms with Crippen LogP contribution in [0.25, 0.3) is 27.6 Å². The van der Waals surface area contributed by atoms with Crippen molar-refractivity contribution in [2.75, 3.05) is 18.6 Å². The molecule has 5 nitrogen and oxygen atoms in total. The molecule has 0 aliphatic carbocycles. The van der Waals surface area contributed by atoms with Crippen molar-refractivity contribution in [3.63, 3.8) is 0 Å². The van der Waals surface area contributed by atoms with Gasteiger partial charge >= 0.3 is 0 Å². The minimum Gasteiger partial charge on any atom is -0.457 e. The number of hydrogen-bond donors (Lipinski definition) is 0. The van der Waals surface area contributed by atoms with E-state index in [0.29, 0.717) is 0 Å². The largest absolute Gasteiger partial charge is 0.457 e. The molecule has 5 aromatic rings. The number of para-hydroxylation sites is 1. The van der Waals surface area contributed by atoms with Crippen molar-refractivity contribution in [3.8, 4) is 17.3 Å². The standard InChI is InChI=1S/C32H32N4O/c1-22-13-14-33-31(17-22)36-29-10-7-6-9-27(29)28-12-11-25(21-30(28)36)37-26-19-23(32(2,3)4)18-24(20-26)35-16-8-15-34(35)5/h6-14,16-21H,15H2,1-5H3. The van der Waals surface area contributed by atoms with Crippen molar-refractivity contribution in [2.45, 2.75) is 33.1 Å². The predicted molar refractivity (Wildman–Crippen MR) is 153 cm³/mol. The minimum atomic E-state index is -0.0106. The first-order valence-corrected chi connectivity index (χ1v) is 12.7. The summed E-state index contributed by atoms with van der Waals surface area (Å²) < 4.78 is 8.79. The summed E-state index contributed by atoms with van der Waals surface area (Å²) in [6.07, 6.45) is 6.15. The van der Waals surface area contributed by atoms with E-state index < -0.39 is 0 Å². The Labute approximate surface area is 218 Å². The highest BCUT2D eigenvalue weighted by atomic mass is 16.5. The number of anilines is 1. The third-order valence-electron chi connectivity index (χ3n) is 7.02. The molecule has 186 valence electrons. The maximum atomic E-state index is 6.57. The number of pyridine rings is 1. The summed E-state index contributed by atoms with van der Waals surface area (Å²) in [4.78, 5) is 4.70. The van der Waals surface area contributed by atoms with Gasteiger partial charge in [-0.25, -0.2) is 9.99 Å². The van der Waals surface area contributed by atoms with Crippen LogP contribution in [0.3, 0.4) is 0 Å². The van der Waals surface area contributed by atoms with Gasteiger partial charge in [-0.2, -0.15) is 0 Å². The molecule has 6 rings (SSSR count). The van der Waals surface area contributed by atoms with E-state index in [9.17, 15) is 0 Å². The fourth-order valence-electron chi connectivity index (χ4n) is 5.03. The number of likely N-dealkylation sites (N-methyl/N-ethyl adjacent to an activating group) is 1. The summed E-state index contributed by atoms with van der Waals surface area (Å²) in [7, 11) is 2.09. The number of rotatable bonds is 4. The van der Waals surface area contributed by atoms with Gasteiger partial charge in [-0.3, -0.25) is 9.58 Å². The molecular formula is C32H32N4O. The van der Waals surface area contributed by atoms with Crippen LogP contribution in [-0.2, 0) is 5.41 Å². The number of aromatic nitrogens is 2. The van der Waals surface area contributed by atoms with Gasteiger partial charge < -0.3 is 4.74 Å². The van der Waals surface area contributed by atoms with Gasteiger partial charge in [0, 0.05) is 48.9 Å². The first-order chi connectivity index (χ1) is 17.8. The van der Waals surface area contributed by atoms with Crippen molar-refractivity contribution >= 4 is 27.5 Å². The van der Waals surface area contributed by atoms with E-state index >= 15 is 0 Å². The van der Waals surface area contributed by atoms with E-state index in [0.717, 1.165) is 40.6 Å². The topological polar surface area (TPSA) is 33.5 Å². The second-order valence-electron chi connectivity index (χ2n) is 10.9. The molecule has 5 heteroatoms. The first-order valence-electron chi connectivity index (χ1n) is 12.7. The second kappa shape index (κ2) is 8.79. The van der Waals surface area contributed by atoms with Gasteiger partial charge in [-0.05, 0) is 65.9 Å². The number of hydrazine groups is 1.